The molecule has 1 aliphatic heterocycles. The summed E-state index contributed by atoms with van der Waals surface area (Å²) in [6, 6.07) is 1.74. The summed E-state index contributed by atoms with van der Waals surface area (Å²) < 4.78 is 38.4. The smallest absolute Gasteiger partial charge is 0.365 e. The molecule has 4 N–H and O–H groups in total. The Kier molecular flexibility index (Phi) is 4.08. The number of hydrogen-bond acceptors (Lipinski definition) is 4. The van der Waals surface area contributed by atoms with E-state index in [9.17, 15) is 18.0 Å². The molecule has 0 radical (unpaired) electrons. The van der Waals surface area contributed by atoms with E-state index in [-0.39, 0.29) is 23.5 Å². The van der Waals surface area contributed by atoms with Crippen molar-refractivity contribution >= 4 is 11.7 Å². The van der Waals surface area contributed by atoms with E-state index in [0.717, 1.165) is 12.1 Å². The highest BCUT2D eigenvalue weighted by Crippen LogP contribution is 2.32. The third kappa shape index (κ3) is 3.26. The molecule has 0 saturated carbocycles. The van der Waals surface area contributed by atoms with Gasteiger partial charge >= 0.3 is 6.18 Å². The molecular formula is C13H17F3N4O. The lowest BCUT2D eigenvalue weighted by atomic mass is 9.98. The first-order chi connectivity index (χ1) is 9.70. The van der Waals surface area contributed by atoms with Crippen LogP contribution in [0.3, 0.4) is 0 Å². The molecule has 1 amide bonds. The highest BCUT2D eigenvalue weighted by molar-refractivity contribution is 5.97. The number of nitrogens with two attached hydrogens (primary N) is 2. The normalized spacial score (nSPS) is 23.2. The van der Waals surface area contributed by atoms with E-state index in [1.54, 1.807) is 4.90 Å². The Morgan fingerprint density at radius 1 is 1.43 bits per heavy atom. The Labute approximate surface area is 120 Å². The minimum atomic E-state index is -4.57. The van der Waals surface area contributed by atoms with Crippen LogP contribution in [0.15, 0.2) is 12.1 Å². The molecule has 1 fully saturated rings. The molecule has 0 spiro atoms. The topological polar surface area (TPSA) is 85.2 Å². The molecule has 5 nitrogen and oxygen atoms in total. The Morgan fingerprint density at radius 3 is 2.62 bits per heavy atom. The third-order valence-corrected chi connectivity index (χ3v) is 3.62. The van der Waals surface area contributed by atoms with Gasteiger partial charge in [0.15, 0.2) is 0 Å². The van der Waals surface area contributed by atoms with Gasteiger partial charge in [-0.25, -0.2) is 4.98 Å². The van der Waals surface area contributed by atoms with Crippen LogP contribution >= 0.6 is 0 Å². The molecule has 21 heavy (non-hydrogen) atoms. The van der Waals surface area contributed by atoms with Gasteiger partial charge in [-0.2, -0.15) is 13.2 Å². The summed E-state index contributed by atoms with van der Waals surface area (Å²) in [5.74, 6) is -0.815. The van der Waals surface area contributed by atoms with E-state index < -0.39 is 17.8 Å². The van der Waals surface area contributed by atoms with Gasteiger partial charge in [-0.1, -0.05) is 0 Å². The number of anilines is 1. The van der Waals surface area contributed by atoms with Crippen molar-refractivity contribution in [1.82, 2.24) is 4.98 Å². The summed E-state index contributed by atoms with van der Waals surface area (Å²) in [5.41, 5.74) is 10.0. The van der Waals surface area contributed by atoms with E-state index >= 15 is 0 Å². The zero-order valence-electron chi connectivity index (χ0n) is 11.5. The van der Waals surface area contributed by atoms with E-state index in [1.807, 2.05) is 6.92 Å². The van der Waals surface area contributed by atoms with Crippen molar-refractivity contribution in [2.24, 2.45) is 11.5 Å². The lowest BCUT2D eigenvalue weighted by Gasteiger charge is -2.38. The Hall–Kier alpha value is -1.83. The first-order valence-electron chi connectivity index (χ1n) is 6.60. The van der Waals surface area contributed by atoms with E-state index in [1.165, 1.54) is 0 Å². The number of carbonyl (C=O) groups is 1. The SMILES string of the molecule is CC1CC(N)CCN1c1nc(C(F)(F)F)ccc1C(N)=O. The Balaban J connectivity index is 2.46. The summed E-state index contributed by atoms with van der Waals surface area (Å²) >= 11 is 0. The van der Waals surface area contributed by atoms with Crippen molar-refractivity contribution in [1.29, 1.82) is 0 Å². The van der Waals surface area contributed by atoms with Gasteiger partial charge in [-0.05, 0) is 31.9 Å². The molecule has 2 rings (SSSR count). The molecule has 0 bridgehead atoms. The molecule has 1 aliphatic rings. The predicted molar refractivity (Wildman–Crippen MR) is 71.8 cm³/mol. The van der Waals surface area contributed by atoms with Crippen LogP contribution in [0, 0.1) is 0 Å². The predicted octanol–water partition coefficient (Wildman–Crippen LogP) is 1.52. The number of primary amides is 1. The zero-order chi connectivity index (χ0) is 15.8. The molecule has 2 heterocycles. The first-order valence-corrected chi connectivity index (χ1v) is 6.60. The number of aromatic nitrogens is 1. The quantitative estimate of drug-likeness (QED) is 0.867. The second-order valence-electron chi connectivity index (χ2n) is 5.26. The van der Waals surface area contributed by atoms with Crippen LogP contribution in [0.1, 0.15) is 35.8 Å². The van der Waals surface area contributed by atoms with E-state index in [4.69, 9.17) is 11.5 Å². The minimum Gasteiger partial charge on any atom is -0.365 e. The van der Waals surface area contributed by atoms with Crippen LogP contribution in [0.5, 0.6) is 0 Å². The molecule has 1 aromatic heterocycles. The molecule has 1 aromatic rings. The van der Waals surface area contributed by atoms with Crippen LogP contribution in [-0.2, 0) is 6.18 Å². The maximum atomic E-state index is 12.8. The van der Waals surface area contributed by atoms with Gasteiger partial charge in [0.2, 0.25) is 0 Å². The van der Waals surface area contributed by atoms with E-state index in [2.05, 4.69) is 4.98 Å². The highest BCUT2D eigenvalue weighted by Gasteiger charge is 2.35. The maximum Gasteiger partial charge on any atom is 0.433 e. The van der Waals surface area contributed by atoms with Crippen LogP contribution in [0.25, 0.3) is 0 Å². The van der Waals surface area contributed by atoms with Gasteiger partial charge in [0.05, 0.1) is 5.56 Å². The van der Waals surface area contributed by atoms with Crippen LogP contribution in [0.2, 0.25) is 0 Å². The number of hydrogen-bond donors (Lipinski definition) is 2. The average molecular weight is 302 g/mol. The second kappa shape index (κ2) is 5.51. The van der Waals surface area contributed by atoms with Crippen molar-refractivity contribution in [2.75, 3.05) is 11.4 Å². The monoisotopic (exact) mass is 302 g/mol. The van der Waals surface area contributed by atoms with Crippen LogP contribution < -0.4 is 16.4 Å². The zero-order valence-corrected chi connectivity index (χ0v) is 11.5. The standard InChI is InChI=1S/C13H17F3N4O/c1-7-6-8(17)4-5-20(7)12-9(11(18)21)2-3-10(19-12)13(14,15)16/h2-3,7-8H,4-6,17H2,1H3,(H2,18,21). The second-order valence-corrected chi connectivity index (χ2v) is 5.26. The third-order valence-electron chi connectivity index (χ3n) is 3.62. The fourth-order valence-electron chi connectivity index (χ4n) is 2.54. The van der Waals surface area contributed by atoms with Crippen molar-refractivity contribution in [3.63, 3.8) is 0 Å². The van der Waals surface area contributed by atoms with Gasteiger partial charge in [-0.15, -0.1) is 0 Å². The molecular weight excluding hydrogens is 285 g/mol. The molecule has 2 atom stereocenters. The molecule has 116 valence electrons. The maximum absolute atomic E-state index is 12.8. The van der Waals surface area contributed by atoms with Crippen molar-refractivity contribution in [2.45, 2.75) is 38.0 Å². The number of carbonyl (C=O) groups excluding carboxylic acids is 1. The van der Waals surface area contributed by atoms with Crippen molar-refractivity contribution < 1.29 is 18.0 Å². The number of rotatable bonds is 2. The minimum absolute atomic E-state index is 0.000855. The molecule has 2 unspecified atom stereocenters. The molecule has 0 aromatic carbocycles. The summed E-state index contributed by atoms with van der Waals surface area (Å²) in [5, 5.41) is 0. The van der Waals surface area contributed by atoms with Crippen molar-refractivity contribution in [3.8, 4) is 0 Å². The first kappa shape index (κ1) is 15.6. The number of pyridine rings is 1. The Morgan fingerprint density at radius 2 is 2.10 bits per heavy atom. The van der Waals surface area contributed by atoms with Gasteiger partial charge in [-0.3, -0.25) is 4.79 Å². The lowest BCUT2D eigenvalue weighted by Crippen LogP contribution is -2.46. The highest BCUT2D eigenvalue weighted by atomic mass is 19.4. The summed E-state index contributed by atoms with van der Waals surface area (Å²) in [6.07, 6.45) is -3.32. The average Bonchev–Trinajstić information content (AvgIpc) is 2.37. The summed E-state index contributed by atoms with van der Waals surface area (Å²) in [7, 11) is 0. The number of piperidine rings is 1. The number of amides is 1. The molecule has 1 saturated heterocycles. The summed E-state index contributed by atoms with van der Waals surface area (Å²) in [6.45, 7) is 2.28. The largest absolute Gasteiger partial charge is 0.433 e. The van der Waals surface area contributed by atoms with Crippen molar-refractivity contribution in [3.05, 3.63) is 23.4 Å². The fraction of sp³-hybridized carbons (Fsp3) is 0.538. The lowest BCUT2D eigenvalue weighted by molar-refractivity contribution is -0.141. The van der Waals surface area contributed by atoms with Crippen LogP contribution in [-0.4, -0.2) is 29.5 Å². The fourth-order valence-corrected chi connectivity index (χ4v) is 2.54. The number of halogens is 3. The Bertz CT molecular complexity index is 547. The van der Waals surface area contributed by atoms with Gasteiger partial charge in [0.25, 0.3) is 5.91 Å². The van der Waals surface area contributed by atoms with Gasteiger partial charge in [0, 0.05) is 18.6 Å². The molecule has 0 aliphatic carbocycles. The van der Waals surface area contributed by atoms with Crippen LogP contribution in [0.4, 0.5) is 19.0 Å². The summed E-state index contributed by atoms with van der Waals surface area (Å²) in [4.78, 5) is 16.7. The number of alkyl halides is 3. The van der Waals surface area contributed by atoms with Gasteiger partial charge in [0.1, 0.15) is 11.5 Å². The number of nitrogens with zero attached hydrogens (tertiary/aromatic N) is 2. The van der Waals surface area contributed by atoms with E-state index in [0.29, 0.717) is 19.4 Å². The molecule has 8 heteroatoms. The van der Waals surface area contributed by atoms with Gasteiger partial charge < -0.3 is 16.4 Å².